The van der Waals surface area contributed by atoms with Gasteiger partial charge in [0.2, 0.25) is 0 Å². The molecule has 0 unspecified atom stereocenters. The third kappa shape index (κ3) is 3.05. The van der Waals surface area contributed by atoms with Crippen LogP contribution in [0.2, 0.25) is 0 Å². The quantitative estimate of drug-likeness (QED) is 0.710. The Hall–Kier alpha value is -1.22. The van der Waals surface area contributed by atoms with Crippen molar-refractivity contribution >= 4 is 0 Å². The first kappa shape index (κ1) is 18.6. The second-order valence-electron chi connectivity index (χ2n) is 9.83. The summed E-state index contributed by atoms with van der Waals surface area (Å²) in [6, 6.07) is 3.41. The van der Waals surface area contributed by atoms with Gasteiger partial charge < -0.3 is 15.3 Å². The molecule has 1 aromatic rings. The Morgan fingerprint density at radius 2 is 1.60 bits per heavy atom. The number of phenols is 2. The summed E-state index contributed by atoms with van der Waals surface area (Å²) in [4.78, 5) is 0. The fourth-order valence-electron chi connectivity index (χ4n) is 6.27. The van der Waals surface area contributed by atoms with Crippen LogP contribution in [-0.2, 0) is 6.42 Å². The van der Waals surface area contributed by atoms with Crippen molar-refractivity contribution in [2.75, 3.05) is 0 Å². The Morgan fingerprint density at radius 3 is 2.20 bits per heavy atom. The van der Waals surface area contributed by atoms with E-state index < -0.39 is 5.60 Å². The van der Waals surface area contributed by atoms with Crippen LogP contribution in [0.5, 0.6) is 11.5 Å². The molecule has 3 N–H and O–H groups in total. The SMILES string of the molecule is Cc1cc(O)c(C[C@@H]2[C@@]3(C)CCCC(C)(C)[C@@H]3CC[C@@]2(C)O)c(O)c1. The summed E-state index contributed by atoms with van der Waals surface area (Å²) < 4.78 is 0. The highest BCUT2D eigenvalue weighted by molar-refractivity contribution is 5.46. The normalized spacial score (nSPS) is 37.5. The molecule has 25 heavy (non-hydrogen) atoms. The van der Waals surface area contributed by atoms with E-state index >= 15 is 0 Å². The molecule has 2 fully saturated rings. The van der Waals surface area contributed by atoms with E-state index in [1.807, 2.05) is 13.8 Å². The lowest BCUT2D eigenvalue weighted by molar-refractivity contribution is -0.166. The molecule has 4 atom stereocenters. The summed E-state index contributed by atoms with van der Waals surface area (Å²) in [6.45, 7) is 10.9. The van der Waals surface area contributed by atoms with E-state index in [0.29, 0.717) is 17.9 Å². The van der Waals surface area contributed by atoms with Gasteiger partial charge in [0.05, 0.1) is 5.60 Å². The first-order valence-corrected chi connectivity index (χ1v) is 9.71. The van der Waals surface area contributed by atoms with Crippen LogP contribution in [0, 0.1) is 29.6 Å². The van der Waals surface area contributed by atoms with Gasteiger partial charge >= 0.3 is 0 Å². The van der Waals surface area contributed by atoms with Crippen molar-refractivity contribution in [1.82, 2.24) is 0 Å². The fourth-order valence-corrected chi connectivity index (χ4v) is 6.27. The molecule has 0 saturated heterocycles. The molecule has 0 aromatic heterocycles. The van der Waals surface area contributed by atoms with Gasteiger partial charge in [-0.05, 0) is 86.3 Å². The minimum absolute atomic E-state index is 0.0211. The molecule has 140 valence electrons. The number of phenolic OH excluding ortho intramolecular Hbond substituents is 2. The Kier molecular flexibility index (Phi) is 4.39. The molecule has 3 heteroatoms. The summed E-state index contributed by atoms with van der Waals surface area (Å²) in [7, 11) is 0. The fraction of sp³-hybridized carbons (Fsp3) is 0.727. The van der Waals surface area contributed by atoms with Crippen molar-refractivity contribution in [3.63, 3.8) is 0 Å². The van der Waals surface area contributed by atoms with Gasteiger partial charge in [0.1, 0.15) is 11.5 Å². The van der Waals surface area contributed by atoms with Crippen LogP contribution in [-0.4, -0.2) is 20.9 Å². The highest BCUT2D eigenvalue weighted by Gasteiger charge is 2.57. The lowest BCUT2D eigenvalue weighted by atomic mass is 9.45. The lowest BCUT2D eigenvalue weighted by Crippen LogP contribution is -2.58. The van der Waals surface area contributed by atoms with Gasteiger partial charge in [-0.25, -0.2) is 0 Å². The molecule has 0 bridgehead atoms. The van der Waals surface area contributed by atoms with E-state index in [1.165, 1.54) is 12.8 Å². The maximum Gasteiger partial charge on any atom is 0.122 e. The summed E-state index contributed by atoms with van der Waals surface area (Å²) in [5.41, 5.74) is 0.951. The van der Waals surface area contributed by atoms with Crippen molar-refractivity contribution in [1.29, 1.82) is 0 Å². The van der Waals surface area contributed by atoms with E-state index in [0.717, 1.165) is 24.8 Å². The number of aryl methyl sites for hydroxylation is 1. The molecule has 3 rings (SSSR count). The number of aliphatic hydroxyl groups is 1. The molecule has 1 aromatic carbocycles. The van der Waals surface area contributed by atoms with Gasteiger partial charge in [-0.15, -0.1) is 0 Å². The van der Waals surface area contributed by atoms with Crippen molar-refractivity contribution < 1.29 is 15.3 Å². The Bertz CT molecular complexity index is 638. The van der Waals surface area contributed by atoms with Gasteiger partial charge in [-0.2, -0.15) is 0 Å². The molecule has 0 heterocycles. The van der Waals surface area contributed by atoms with E-state index in [9.17, 15) is 15.3 Å². The monoisotopic (exact) mass is 346 g/mol. The van der Waals surface area contributed by atoms with Gasteiger partial charge in [-0.1, -0.05) is 27.2 Å². The predicted molar refractivity (Wildman–Crippen MR) is 101 cm³/mol. The highest BCUT2D eigenvalue weighted by atomic mass is 16.3. The van der Waals surface area contributed by atoms with Gasteiger partial charge in [0, 0.05) is 5.56 Å². The van der Waals surface area contributed by atoms with E-state index in [4.69, 9.17) is 0 Å². The summed E-state index contributed by atoms with van der Waals surface area (Å²) in [5.74, 6) is 0.884. The number of hydrogen-bond acceptors (Lipinski definition) is 3. The third-order valence-corrected chi connectivity index (χ3v) is 7.52. The van der Waals surface area contributed by atoms with E-state index in [2.05, 4.69) is 20.8 Å². The molecule has 3 nitrogen and oxygen atoms in total. The molecular formula is C22H34O3. The number of rotatable bonds is 2. The van der Waals surface area contributed by atoms with Crippen LogP contribution in [0.25, 0.3) is 0 Å². The standard InChI is InChI=1S/C22H34O3/c1-14-11-16(23)15(17(24)12-14)13-19-21(4)9-6-8-20(2,3)18(21)7-10-22(19,5)25/h11-12,18-19,23-25H,6-10,13H2,1-5H3/t18-,19+,21-,22+/m0/s1. The van der Waals surface area contributed by atoms with Crippen LogP contribution in [0.15, 0.2) is 12.1 Å². The van der Waals surface area contributed by atoms with Gasteiger partial charge in [0.25, 0.3) is 0 Å². The number of benzene rings is 1. The second-order valence-corrected chi connectivity index (χ2v) is 9.83. The number of fused-ring (bicyclic) bond motifs is 1. The average Bonchev–Trinajstić information content (AvgIpc) is 2.43. The van der Waals surface area contributed by atoms with Crippen LogP contribution in [0.4, 0.5) is 0 Å². The molecular weight excluding hydrogens is 312 g/mol. The van der Waals surface area contributed by atoms with Crippen LogP contribution in [0.1, 0.15) is 70.9 Å². The maximum absolute atomic E-state index is 11.2. The van der Waals surface area contributed by atoms with E-state index in [1.54, 1.807) is 12.1 Å². The van der Waals surface area contributed by atoms with Crippen molar-refractivity contribution in [2.45, 2.75) is 78.7 Å². The minimum atomic E-state index is -0.775. The van der Waals surface area contributed by atoms with Crippen molar-refractivity contribution in [3.8, 4) is 11.5 Å². The zero-order valence-electron chi connectivity index (χ0n) is 16.4. The van der Waals surface area contributed by atoms with Crippen LogP contribution < -0.4 is 0 Å². The largest absolute Gasteiger partial charge is 0.508 e. The molecule has 2 saturated carbocycles. The third-order valence-electron chi connectivity index (χ3n) is 7.52. The molecule has 2 aliphatic rings. The Morgan fingerprint density at radius 1 is 1.00 bits per heavy atom. The Labute approximate surface area is 152 Å². The summed E-state index contributed by atoms with van der Waals surface area (Å²) in [5, 5.41) is 32.1. The topological polar surface area (TPSA) is 60.7 Å². The van der Waals surface area contributed by atoms with Gasteiger partial charge in [0.15, 0.2) is 0 Å². The van der Waals surface area contributed by atoms with Crippen molar-refractivity contribution in [3.05, 3.63) is 23.3 Å². The van der Waals surface area contributed by atoms with Crippen molar-refractivity contribution in [2.24, 2.45) is 22.7 Å². The zero-order valence-corrected chi connectivity index (χ0v) is 16.4. The molecule has 2 aliphatic carbocycles. The minimum Gasteiger partial charge on any atom is -0.508 e. The average molecular weight is 347 g/mol. The molecule has 0 radical (unpaired) electrons. The van der Waals surface area contributed by atoms with Crippen LogP contribution >= 0.6 is 0 Å². The molecule has 0 amide bonds. The zero-order chi connectivity index (χ0) is 18.6. The maximum atomic E-state index is 11.2. The Balaban J connectivity index is 2.03. The van der Waals surface area contributed by atoms with Crippen LogP contribution in [0.3, 0.4) is 0 Å². The molecule has 0 aliphatic heterocycles. The highest BCUT2D eigenvalue weighted by Crippen LogP contribution is 2.62. The number of aromatic hydroxyl groups is 2. The summed E-state index contributed by atoms with van der Waals surface area (Å²) >= 11 is 0. The summed E-state index contributed by atoms with van der Waals surface area (Å²) in [6.07, 6.45) is 5.89. The van der Waals surface area contributed by atoms with E-state index in [-0.39, 0.29) is 28.2 Å². The van der Waals surface area contributed by atoms with Gasteiger partial charge in [-0.3, -0.25) is 0 Å². The smallest absolute Gasteiger partial charge is 0.122 e. The first-order chi connectivity index (χ1) is 11.5. The number of hydrogen-bond donors (Lipinski definition) is 3. The first-order valence-electron chi connectivity index (χ1n) is 9.71. The lowest BCUT2D eigenvalue weighted by Gasteiger charge is -2.61. The molecule has 0 spiro atoms. The second kappa shape index (κ2) is 5.90. The predicted octanol–water partition coefficient (Wildman–Crippen LogP) is 4.94.